The fraction of sp³-hybridized carbons (Fsp3) is 0.0714. The smallest absolute Gasteiger partial charge is 0.328 e. The fourth-order valence-electron chi connectivity index (χ4n) is 3.78. The number of aromatic nitrogens is 1. The number of carboxylic acid groups (broad SMARTS) is 1. The quantitative estimate of drug-likeness (QED) is 0.244. The van der Waals surface area contributed by atoms with Gasteiger partial charge < -0.3 is 5.11 Å². The number of carbonyl (C=O) groups is 1. The van der Waals surface area contributed by atoms with Gasteiger partial charge in [0.2, 0.25) is 0 Å². The molecule has 1 N–H and O–H groups in total. The Bertz CT molecular complexity index is 1240. The van der Waals surface area contributed by atoms with Crippen LogP contribution in [0.1, 0.15) is 35.6 Å². The molecule has 0 saturated carbocycles. The van der Waals surface area contributed by atoms with Gasteiger partial charge in [0, 0.05) is 23.2 Å². The lowest BCUT2D eigenvalue weighted by Gasteiger charge is -2.17. The molecule has 0 aliphatic rings. The highest BCUT2D eigenvalue weighted by Crippen LogP contribution is 2.35. The molecule has 4 heteroatoms. The van der Waals surface area contributed by atoms with Gasteiger partial charge in [-0.2, -0.15) is 0 Å². The van der Waals surface area contributed by atoms with E-state index in [0.717, 1.165) is 40.3 Å². The topological polar surface area (TPSA) is 50.2 Å². The van der Waals surface area contributed by atoms with Crippen LogP contribution in [-0.4, -0.2) is 15.4 Å². The van der Waals surface area contributed by atoms with Crippen molar-refractivity contribution in [3.05, 3.63) is 119 Å². The lowest BCUT2D eigenvalue weighted by molar-refractivity contribution is -0.131. The summed E-state index contributed by atoms with van der Waals surface area (Å²) in [5.74, 6) is -0.951. The van der Waals surface area contributed by atoms with Crippen LogP contribution in [0.25, 0.3) is 28.3 Å². The Morgan fingerprint density at radius 1 is 0.875 bits per heavy atom. The molecule has 0 aliphatic heterocycles. The maximum absolute atomic E-state index is 10.8. The normalized spacial score (nSPS) is 12.0. The molecular weight excluding hydrogens is 414 g/mol. The monoisotopic (exact) mass is 437 g/mol. The zero-order chi connectivity index (χ0) is 22.3. The predicted octanol–water partition coefficient (Wildman–Crippen LogP) is 7.28. The average Bonchev–Trinajstić information content (AvgIpc) is 3.37. The molecule has 3 aromatic carbocycles. The highest BCUT2D eigenvalue weighted by Gasteiger charge is 2.13. The first-order valence-corrected chi connectivity index (χ1v) is 11.3. The molecule has 0 unspecified atom stereocenters. The Morgan fingerprint density at radius 2 is 1.53 bits per heavy atom. The third kappa shape index (κ3) is 4.93. The molecule has 1 aromatic heterocycles. The van der Waals surface area contributed by atoms with Crippen molar-refractivity contribution in [2.45, 2.75) is 13.3 Å². The van der Waals surface area contributed by atoms with Crippen molar-refractivity contribution in [1.82, 2.24) is 4.37 Å². The zero-order valence-corrected chi connectivity index (χ0v) is 18.5. The van der Waals surface area contributed by atoms with Gasteiger partial charge >= 0.3 is 5.97 Å². The van der Waals surface area contributed by atoms with Crippen molar-refractivity contribution in [2.75, 3.05) is 0 Å². The largest absolute Gasteiger partial charge is 0.478 e. The van der Waals surface area contributed by atoms with Gasteiger partial charge in [0.05, 0.1) is 0 Å². The molecule has 3 nitrogen and oxygen atoms in total. The Morgan fingerprint density at radius 3 is 2.09 bits per heavy atom. The Hall–Kier alpha value is -3.76. The average molecular weight is 438 g/mol. The minimum Gasteiger partial charge on any atom is -0.478 e. The Labute approximate surface area is 192 Å². The summed E-state index contributed by atoms with van der Waals surface area (Å²) in [5.41, 5.74) is 9.02. The van der Waals surface area contributed by atoms with E-state index >= 15 is 0 Å². The maximum Gasteiger partial charge on any atom is 0.328 e. The molecule has 1 heterocycles. The van der Waals surface area contributed by atoms with Crippen LogP contribution in [0.5, 0.6) is 0 Å². The molecule has 0 radical (unpaired) electrons. The molecule has 158 valence electrons. The predicted molar refractivity (Wildman–Crippen MR) is 133 cm³/mol. The van der Waals surface area contributed by atoms with Gasteiger partial charge in [0.15, 0.2) is 0 Å². The number of aliphatic carboxylic acids is 1. The number of carboxylic acids is 1. The molecule has 0 fully saturated rings. The van der Waals surface area contributed by atoms with Gasteiger partial charge in [-0.3, -0.25) is 0 Å². The van der Waals surface area contributed by atoms with Crippen molar-refractivity contribution in [3.63, 3.8) is 0 Å². The Balaban J connectivity index is 1.82. The summed E-state index contributed by atoms with van der Waals surface area (Å²) in [6, 6.07) is 27.1. The van der Waals surface area contributed by atoms with Gasteiger partial charge in [-0.1, -0.05) is 85.8 Å². The highest BCUT2D eigenvalue weighted by atomic mass is 32.1. The summed E-state index contributed by atoms with van der Waals surface area (Å²) in [4.78, 5) is 10.8. The third-order valence-corrected chi connectivity index (χ3v) is 5.92. The SMILES string of the molecule is CCC(=C(c1ccc(C=CC(=O)O)cc1)c1ccc(-c2cnsc2)cc1)c1ccccc1. The molecule has 32 heavy (non-hydrogen) atoms. The van der Waals surface area contributed by atoms with Crippen molar-refractivity contribution >= 4 is 34.7 Å². The zero-order valence-electron chi connectivity index (χ0n) is 17.7. The van der Waals surface area contributed by atoms with Crippen molar-refractivity contribution in [2.24, 2.45) is 0 Å². The fourth-order valence-corrected chi connectivity index (χ4v) is 4.33. The standard InChI is InChI=1S/C28H23NO2S/c1-2-26(22-6-4-3-5-7-22)28(23-11-8-20(9-12-23)10-17-27(30)31)24-15-13-21(14-16-24)25-18-29-32-19-25/h3-19H,2H2,1H3,(H,30,31). The van der Waals surface area contributed by atoms with Crippen LogP contribution >= 0.6 is 11.5 Å². The minimum atomic E-state index is -0.951. The molecule has 4 rings (SSSR count). The van der Waals surface area contributed by atoms with Crippen LogP contribution in [0.2, 0.25) is 0 Å². The first-order valence-electron chi connectivity index (χ1n) is 10.5. The summed E-state index contributed by atoms with van der Waals surface area (Å²) < 4.78 is 4.21. The minimum absolute atomic E-state index is 0.855. The summed E-state index contributed by atoms with van der Waals surface area (Å²) in [5, 5.41) is 10.9. The lowest BCUT2D eigenvalue weighted by Crippen LogP contribution is -1.95. The van der Waals surface area contributed by atoms with Gasteiger partial charge in [-0.15, -0.1) is 0 Å². The number of hydrogen-bond donors (Lipinski definition) is 1. The number of hydrogen-bond acceptors (Lipinski definition) is 3. The highest BCUT2D eigenvalue weighted by molar-refractivity contribution is 7.03. The second-order valence-corrected chi connectivity index (χ2v) is 8.01. The number of nitrogens with zero attached hydrogens (tertiary/aromatic N) is 1. The van der Waals surface area contributed by atoms with Gasteiger partial charge in [0.25, 0.3) is 0 Å². The molecule has 0 amide bonds. The summed E-state index contributed by atoms with van der Waals surface area (Å²) in [6.07, 6.45) is 5.54. The van der Waals surface area contributed by atoms with E-state index in [4.69, 9.17) is 5.11 Å². The van der Waals surface area contributed by atoms with E-state index < -0.39 is 5.97 Å². The summed E-state index contributed by atoms with van der Waals surface area (Å²) in [7, 11) is 0. The van der Waals surface area contributed by atoms with Gasteiger partial charge in [0.1, 0.15) is 0 Å². The van der Waals surface area contributed by atoms with Crippen molar-refractivity contribution in [3.8, 4) is 11.1 Å². The first kappa shape index (κ1) is 21.5. The van der Waals surface area contributed by atoms with Crippen LogP contribution in [0.15, 0.2) is 96.5 Å². The molecule has 4 aromatic rings. The molecule has 0 bridgehead atoms. The van der Waals surface area contributed by atoms with Crippen molar-refractivity contribution in [1.29, 1.82) is 0 Å². The van der Waals surface area contributed by atoms with E-state index in [9.17, 15) is 4.79 Å². The van der Waals surface area contributed by atoms with E-state index in [1.54, 1.807) is 6.08 Å². The van der Waals surface area contributed by atoms with Crippen LogP contribution in [0, 0.1) is 0 Å². The number of allylic oxidation sites excluding steroid dienone is 1. The maximum atomic E-state index is 10.8. The van der Waals surface area contributed by atoms with E-state index in [2.05, 4.69) is 77.3 Å². The number of benzene rings is 3. The molecule has 0 saturated heterocycles. The van der Waals surface area contributed by atoms with Gasteiger partial charge in [-0.25, -0.2) is 9.17 Å². The molecular formula is C28H23NO2S. The van der Waals surface area contributed by atoms with Crippen LogP contribution < -0.4 is 0 Å². The van der Waals surface area contributed by atoms with E-state index in [1.165, 1.54) is 28.2 Å². The second-order valence-electron chi connectivity index (χ2n) is 7.36. The lowest BCUT2D eigenvalue weighted by atomic mass is 9.87. The van der Waals surface area contributed by atoms with E-state index in [-0.39, 0.29) is 0 Å². The van der Waals surface area contributed by atoms with Crippen LogP contribution in [-0.2, 0) is 4.79 Å². The van der Waals surface area contributed by atoms with Gasteiger partial charge in [-0.05, 0) is 63.0 Å². The van der Waals surface area contributed by atoms with E-state index in [0.29, 0.717) is 0 Å². The second kappa shape index (κ2) is 10.0. The van der Waals surface area contributed by atoms with Crippen LogP contribution in [0.4, 0.5) is 0 Å². The summed E-state index contributed by atoms with van der Waals surface area (Å²) in [6.45, 7) is 2.18. The number of rotatable bonds is 7. The first-order chi connectivity index (χ1) is 15.7. The third-order valence-electron chi connectivity index (χ3n) is 5.33. The van der Waals surface area contributed by atoms with Crippen molar-refractivity contribution < 1.29 is 9.90 Å². The van der Waals surface area contributed by atoms with Crippen LogP contribution in [0.3, 0.4) is 0 Å². The molecule has 0 spiro atoms. The molecule has 0 aliphatic carbocycles. The Kier molecular flexibility index (Phi) is 6.73. The summed E-state index contributed by atoms with van der Waals surface area (Å²) >= 11 is 1.45. The molecule has 0 atom stereocenters. The van der Waals surface area contributed by atoms with E-state index in [1.807, 2.05) is 24.4 Å².